The van der Waals surface area contributed by atoms with Crippen LogP contribution in [0, 0.1) is 12.3 Å². The van der Waals surface area contributed by atoms with Crippen LogP contribution in [-0.2, 0) is 4.79 Å². The molecule has 0 unspecified atom stereocenters. The predicted molar refractivity (Wildman–Crippen MR) is 93.4 cm³/mol. The van der Waals surface area contributed by atoms with Gasteiger partial charge in [-0.2, -0.15) is 0 Å². The summed E-state index contributed by atoms with van der Waals surface area (Å²) >= 11 is 4.32. The number of imide groups is 1. The molecule has 0 N–H and O–H groups in total. The Balaban J connectivity index is 2.39. The fourth-order valence-electron chi connectivity index (χ4n) is 1.89. The Hall–Kier alpha value is -1.91. The van der Waals surface area contributed by atoms with Crippen molar-refractivity contribution in [1.29, 1.82) is 0 Å². The first-order valence-corrected chi connectivity index (χ1v) is 8.33. The number of halogens is 1. The van der Waals surface area contributed by atoms with E-state index < -0.39 is 0 Å². The number of nitrogens with zero attached hydrogens (tertiary/aromatic N) is 1. The van der Waals surface area contributed by atoms with Gasteiger partial charge in [-0.05, 0) is 58.4 Å². The summed E-state index contributed by atoms with van der Waals surface area (Å²) in [5.74, 6) is 3.10. The molecule has 1 heterocycles. The van der Waals surface area contributed by atoms with Gasteiger partial charge in [0.25, 0.3) is 11.1 Å². The number of amides is 2. The molecular formula is C16H14BrNO4S. The lowest BCUT2D eigenvalue weighted by molar-refractivity contribution is -0.121. The number of carbonyl (C=O) groups is 2. The van der Waals surface area contributed by atoms with Crippen molar-refractivity contribution in [2.45, 2.75) is 6.92 Å². The van der Waals surface area contributed by atoms with Crippen LogP contribution in [0.5, 0.6) is 11.5 Å². The summed E-state index contributed by atoms with van der Waals surface area (Å²) in [5, 5.41) is -0.292. The fourth-order valence-corrected chi connectivity index (χ4v) is 3.29. The van der Waals surface area contributed by atoms with E-state index in [0.29, 0.717) is 33.0 Å². The monoisotopic (exact) mass is 395 g/mol. The minimum atomic E-state index is -0.318. The Bertz CT molecular complexity index is 724. The summed E-state index contributed by atoms with van der Waals surface area (Å²) in [6, 6.07) is 3.52. The van der Waals surface area contributed by atoms with Gasteiger partial charge in [-0.3, -0.25) is 14.5 Å². The van der Waals surface area contributed by atoms with E-state index >= 15 is 0 Å². The van der Waals surface area contributed by atoms with Gasteiger partial charge in [-0.25, -0.2) is 0 Å². The molecule has 0 radical (unpaired) electrons. The average molecular weight is 396 g/mol. The van der Waals surface area contributed by atoms with Crippen molar-refractivity contribution in [3.05, 3.63) is 27.1 Å². The minimum absolute atomic E-state index is 0.118. The number of rotatable bonds is 5. The van der Waals surface area contributed by atoms with E-state index in [2.05, 4.69) is 21.9 Å². The van der Waals surface area contributed by atoms with Gasteiger partial charge >= 0.3 is 0 Å². The van der Waals surface area contributed by atoms with Gasteiger partial charge in [-0.1, -0.05) is 5.92 Å². The molecule has 7 heteroatoms. The molecule has 1 fully saturated rings. The van der Waals surface area contributed by atoms with Gasteiger partial charge in [-0.15, -0.1) is 6.42 Å². The molecule has 0 spiro atoms. The highest BCUT2D eigenvalue weighted by atomic mass is 79.9. The summed E-state index contributed by atoms with van der Waals surface area (Å²) < 4.78 is 11.7. The van der Waals surface area contributed by atoms with E-state index in [1.807, 2.05) is 6.92 Å². The number of ether oxygens (including phenoxy) is 2. The first kappa shape index (κ1) is 17.4. The third-order valence-electron chi connectivity index (χ3n) is 2.92. The Morgan fingerprint density at radius 1 is 1.39 bits per heavy atom. The number of likely N-dealkylation sites (N-methyl/N-ethyl adjacent to an activating group) is 1. The van der Waals surface area contributed by atoms with Crippen LogP contribution >= 0.6 is 27.7 Å². The van der Waals surface area contributed by atoms with Gasteiger partial charge in [0, 0.05) is 7.05 Å². The van der Waals surface area contributed by atoms with Gasteiger partial charge in [0.05, 0.1) is 16.0 Å². The van der Waals surface area contributed by atoms with Gasteiger partial charge in [0.2, 0.25) is 0 Å². The molecule has 1 saturated heterocycles. The first-order valence-electron chi connectivity index (χ1n) is 6.72. The van der Waals surface area contributed by atoms with Crippen molar-refractivity contribution in [3.8, 4) is 23.8 Å². The van der Waals surface area contributed by atoms with E-state index in [0.717, 1.165) is 16.7 Å². The molecule has 1 aliphatic rings. The van der Waals surface area contributed by atoms with Crippen molar-refractivity contribution < 1.29 is 19.1 Å². The zero-order chi connectivity index (χ0) is 17.0. The van der Waals surface area contributed by atoms with E-state index in [1.165, 1.54) is 7.05 Å². The van der Waals surface area contributed by atoms with Crippen LogP contribution in [-0.4, -0.2) is 36.3 Å². The summed E-state index contributed by atoms with van der Waals surface area (Å²) in [6.45, 7) is 2.43. The molecule has 120 valence electrons. The lowest BCUT2D eigenvalue weighted by Crippen LogP contribution is -2.22. The zero-order valence-electron chi connectivity index (χ0n) is 12.6. The van der Waals surface area contributed by atoms with Crippen LogP contribution in [0.1, 0.15) is 12.5 Å². The molecule has 0 aromatic heterocycles. The SMILES string of the molecule is C#CCOc1c(Br)cc(C=C2SC(=O)N(C)C2=O)cc1OCC. The normalized spacial score (nSPS) is 15.9. The zero-order valence-corrected chi connectivity index (χ0v) is 15.0. The molecule has 0 saturated carbocycles. The second kappa shape index (κ2) is 7.57. The minimum Gasteiger partial charge on any atom is -0.490 e. The second-order valence-electron chi connectivity index (χ2n) is 4.50. The van der Waals surface area contributed by atoms with Crippen molar-refractivity contribution >= 4 is 44.9 Å². The van der Waals surface area contributed by atoms with Crippen LogP contribution in [0.25, 0.3) is 6.08 Å². The van der Waals surface area contributed by atoms with Crippen LogP contribution < -0.4 is 9.47 Å². The lowest BCUT2D eigenvalue weighted by atomic mass is 10.2. The Labute approximate surface area is 147 Å². The molecule has 1 aromatic carbocycles. The third kappa shape index (κ3) is 3.89. The standard InChI is InChI=1S/C16H14BrNO4S/c1-4-6-22-14-11(17)7-10(8-12(14)21-5-2)9-13-15(19)18(3)16(20)23-13/h1,7-9H,5-6H2,2-3H3. The Morgan fingerprint density at radius 2 is 2.13 bits per heavy atom. The quantitative estimate of drug-likeness (QED) is 0.563. The maximum Gasteiger partial charge on any atom is 0.293 e. The Morgan fingerprint density at radius 3 is 2.70 bits per heavy atom. The molecule has 1 aromatic rings. The molecule has 2 rings (SSSR count). The summed E-state index contributed by atoms with van der Waals surface area (Å²) in [7, 11) is 1.46. The van der Waals surface area contributed by atoms with E-state index in [-0.39, 0.29) is 17.8 Å². The van der Waals surface area contributed by atoms with Crippen molar-refractivity contribution in [3.63, 3.8) is 0 Å². The third-order valence-corrected chi connectivity index (χ3v) is 4.47. The van der Waals surface area contributed by atoms with Gasteiger partial charge in [0.15, 0.2) is 11.5 Å². The fraction of sp³-hybridized carbons (Fsp3) is 0.250. The number of hydrogen-bond donors (Lipinski definition) is 0. The van der Waals surface area contributed by atoms with Crippen LogP contribution in [0.4, 0.5) is 4.79 Å². The number of hydrogen-bond acceptors (Lipinski definition) is 5. The molecule has 0 atom stereocenters. The maximum atomic E-state index is 12.0. The summed E-state index contributed by atoms with van der Waals surface area (Å²) in [6.07, 6.45) is 6.86. The number of carbonyl (C=O) groups excluding carboxylic acids is 2. The van der Waals surface area contributed by atoms with E-state index in [4.69, 9.17) is 15.9 Å². The summed E-state index contributed by atoms with van der Waals surface area (Å²) in [4.78, 5) is 24.9. The van der Waals surface area contributed by atoms with Gasteiger partial charge < -0.3 is 9.47 Å². The predicted octanol–water partition coefficient (Wildman–Crippen LogP) is 3.53. The molecule has 0 bridgehead atoms. The van der Waals surface area contributed by atoms with Crippen molar-refractivity contribution in [1.82, 2.24) is 4.90 Å². The number of benzene rings is 1. The van der Waals surface area contributed by atoms with Crippen molar-refractivity contribution in [2.24, 2.45) is 0 Å². The number of terminal acetylenes is 1. The molecular weight excluding hydrogens is 382 g/mol. The van der Waals surface area contributed by atoms with Gasteiger partial charge in [0.1, 0.15) is 6.61 Å². The number of thioether (sulfide) groups is 1. The van der Waals surface area contributed by atoms with Crippen molar-refractivity contribution in [2.75, 3.05) is 20.3 Å². The molecule has 0 aliphatic carbocycles. The van der Waals surface area contributed by atoms with E-state index in [1.54, 1.807) is 18.2 Å². The molecule has 23 heavy (non-hydrogen) atoms. The highest BCUT2D eigenvalue weighted by Gasteiger charge is 2.31. The van der Waals surface area contributed by atoms with E-state index in [9.17, 15) is 9.59 Å². The highest BCUT2D eigenvalue weighted by molar-refractivity contribution is 9.10. The summed E-state index contributed by atoms with van der Waals surface area (Å²) in [5.41, 5.74) is 0.715. The Kier molecular flexibility index (Phi) is 5.74. The first-order chi connectivity index (χ1) is 11.0. The van der Waals surface area contributed by atoms with Crippen LogP contribution in [0.15, 0.2) is 21.5 Å². The van der Waals surface area contributed by atoms with Crippen LogP contribution in [0.2, 0.25) is 0 Å². The van der Waals surface area contributed by atoms with Crippen LogP contribution in [0.3, 0.4) is 0 Å². The molecule has 2 amide bonds. The average Bonchev–Trinajstić information content (AvgIpc) is 2.74. The molecule has 1 aliphatic heterocycles. The topological polar surface area (TPSA) is 55.8 Å². The molecule has 5 nitrogen and oxygen atoms in total. The maximum absolute atomic E-state index is 12.0. The highest BCUT2D eigenvalue weighted by Crippen LogP contribution is 2.39. The smallest absolute Gasteiger partial charge is 0.293 e. The largest absolute Gasteiger partial charge is 0.490 e. The lowest BCUT2D eigenvalue weighted by Gasteiger charge is -2.13. The second-order valence-corrected chi connectivity index (χ2v) is 6.34.